The highest BCUT2D eigenvalue weighted by Crippen LogP contribution is 2.43. The van der Waals surface area contributed by atoms with Gasteiger partial charge in [0.15, 0.2) is 0 Å². The van der Waals surface area contributed by atoms with Crippen LogP contribution in [-0.2, 0) is 27.9 Å². The van der Waals surface area contributed by atoms with Crippen molar-refractivity contribution in [1.82, 2.24) is 0 Å². The Labute approximate surface area is 334 Å². The van der Waals surface area contributed by atoms with E-state index < -0.39 is 13.9 Å². The van der Waals surface area contributed by atoms with Crippen molar-refractivity contribution in [2.45, 2.75) is 238 Å². The molecule has 0 saturated carbocycles. The first-order chi connectivity index (χ1) is 26.4. The predicted molar refractivity (Wildman–Crippen MR) is 229 cm³/mol. The van der Waals surface area contributed by atoms with Crippen molar-refractivity contribution in [3.63, 3.8) is 0 Å². The number of hydrogen-bond acceptors (Lipinski definition) is 7. The Morgan fingerprint density at radius 1 is 0.537 bits per heavy atom. The summed E-state index contributed by atoms with van der Waals surface area (Å²) in [5.74, 6) is -0.338. The molecule has 2 atom stereocenters. The lowest BCUT2D eigenvalue weighted by Crippen LogP contribution is -2.28. The van der Waals surface area contributed by atoms with Crippen molar-refractivity contribution in [3.8, 4) is 0 Å². The molecule has 0 aliphatic carbocycles. The van der Waals surface area contributed by atoms with Gasteiger partial charge in [-0.15, -0.1) is 0 Å². The number of carbonyl (C=O) groups is 1. The Balaban J connectivity index is 3.80. The maximum absolute atomic E-state index is 12.5. The van der Waals surface area contributed by atoms with E-state index >= 15 is 0 Å². The van der Waals surface area contributed by atoms with Gasteiger partial charge in [0.1, 0.15) is 6.10 Å². The third-order valence-corrected chi connectivity index (χ3v) is 11.1. The summed E-state index contributed by atoms with van der Waals surface area (Å²) in [6.07, 6.45) is 46.9. The van der Waals surface area contributed by atoms with Gasteiger partial charge in [-0.1, -0.05) is 206 Å². The molecule has 0 saturated heterocycles. The molecule has 54 heavy (non-hydrogen) atoms. The molecule has 0 aliphatic rings. The zero-order chi connectivity index (χ0) is 39.5. The fraction of sp³-hybridized carbons (Fsp3) is 0.933. The first-order valence-electron chi connectivity index (χ1n) is 23.2. The second kappa shape index (κ2) is 43.4. The second-order valence-corrected chi connectivity index (χ2v) is 17.1. The van der Waals surface area contributed by atoms with E-state index in [9.17, 15) is 14.3 Å². The molecule has 8 nitrogen and oxygen atoms in total. The van der Waals surface area contributed by atoms with Gasteiger partial charge in [-0.25, -0.2) is 4.57 Å². The SMILES string of the molecule is CCC/C=C\CCCCCCCC(=O)OC(COCCCCCCCCCCCCCCCCCCCCCCCCCCC)COP(=O)(O)OCCN. The van der Waals surface area contributed by atoms with E-state index in [1.165, 1.54) is 161 Å². The molecule has 0 amide bonds. The molecule has 3 N–H and O–H groups in total. The zero-order valence-electron chi connectivity index (χ0n) is 35.7. The minimum absolute atomic E-state index is 0.0939. The first-order valence-corrected chi connectivity index (χ1v) is 24.7. The maximum Gasteiger partial charge on any atom is 0.472 e. The topological polar surface area (TPSA) is 117 Å². The Hall–Kier alpha value is -0.760. The largest absolute Gasteiger partial charge is 0.472 e. The quantitative estimate of drug-likeness (QED) is 0.0271. The number of esters is 1. The molecule has 9 heteroatoms. The molecule has 0 aromatic heterocycles. The van der Waals surface area contributed by atoms with Gasteiger partial charge < -0.3 is 20.1 Å². The molecule has 0 aliphatic heterocycles. The molecule has 0 radical (unpaired) electrons. The lowest BCUT2D eigenvalue weighted by molar-refractivity contribution is -0.154. The van der Waals surface area contributed by atoms with Crippen LogP contribution >= 0.6 is 7.82 Å². The summed E-state index contributed by atoms with van der Waals surface area (Å²) in [5.41, 5.74) is 5.36. The summed E-state index contributed by atoms with van der Waals surface area (Å²) < 4.78 is 33.4. The number of carbonyl (C=O) groups excluding carboxylic acids is 1. The van der Waals surface area contributed by atoms with Crippen molar-refractivity contribution in [2.75, 3.05) is 33.0 Å². The summed E-state index contributed by atoms with van der Waals surface area (Å²) in [6.45, 7) is 4.89. The highest BCUT2D eigenvalue weighted by Gasteiger charge is 2.25. The third kappa shape index (κ3) is 42.4. The molecule has 2 unspecified atom stereocenters. The second-order valence-electron chi connectivity index (χ2n) is 15.6. The summed E-state index contributed by atoms with van der Waals surface area (Å²) in [7, 11) is -4.27. The lowest BCUT2D eigenvalue weighted by atomic mass is 10.0. The normalized spacial score (nSPS) is 13.5. The Morgan fingerprint density at radius 3 is 1.43 bits per heavy atom. The highest BCUT2D eigenvalue weighted by molar-refractivity contribution is 7.47. The number of unbranched alkanes of at least 4 members (excludes halogenated alkanes) is 30. The maximum atomic E-state index is 12.5. The molecule has 0 fully saturated rings. The summed E-state index contributed by atoms with van der Waals surface area (Å²) in [6, 6.07) is 0. The number of ether oxygens (including phenoxy) is 2. The number of phosphoric ester groups is 1. The van der Waals surface area contributed by atoms with Gasteiger partial charge in [-0.2, -0.15) is 0 Å². The average Bonchev–Trinajstić information content (AvgIpc) is 3.16. The van der Waals surface area contributed by atoms with Crippen LogP contribution in [0.2, 0.25) is 0 Å². The van der Waals surface area contributed by atoms with Crippen molar-refractivity contribution in [3.05, 3.63) is 12.2 Å². The smallest absolute Gasteiger partial charge is 0.457 e. The van der Waals surface area contributed by atoms with Crippen LogP contribution in [0.3, 0.4) is 0 Å². The van der Waals surface area contributed by atoms with Crippen molar-refractivity contribution in [1.29, 1.82) is 0 Å². The van der Waals surface area contributed by atoms with Gasteiger partial charge in [0.25, 0.3) is 0 Å². The minimum atomic E-state index is -4.27. The van der Waals surface area contributed by atoms with Crippen LogP contribution in [0.5, 0.6) is 0 Å². The fourth-order valence-electron chi connectivity index (χ4n) is 6.77. The Morgan fingerprint density at radius 2 is 0.963 bits per heavy atom. The fourth-order valence-corrected chi connectivity index (χ4v) is 7.53. The molecule has 0 aromatic rings. The van der Waals surface area contributed by atoms with Gasteiger partial charge in [-0.3, -0.25) is 13.8 Å². The van der Waals surface area contributed by atoms with E-state index in [2.05, 4.69) is 26.0 Å². The number of hydrogen-bond donors (Lipinski definition) is 2. The number of phosphoric acid groups is 1. The Bertz CT molecular complexity index is 843. The van der Waals surface area contributed by atoms with Gasteiger partial charge >= 0.3 is 13.8 Å². The van der Waals surface area contributed by atoms with Crippen LogP contribution in [-0.4, -0.2) is 49.9 Å². The number of allylic oxidation sites excluding steroid dienone is 2. The lowest BCUT2D eigenvalue weighted by Gasteiger charge is -2.20. The van der Waals surface area contributed by atoms with Crippen molar-refractivity contribution >= 4 is 13.8 Å². The van der Waals surface area contributed by atoms with Crippen LogP contribution in [0.15, 0.2) is 12.2 Å². The van der Waals surface area contributed by atoms with E-state index in [-0.39, 0.29) is 32.3 Å². The standard InChI is InChI=1S/C45H90NO7P/c1-3-5-7-9-11-13-15-16-17-18-19-20-21-22-23-24-25-26-27-28-29-31-33-35-37-40-50-42-44(43-52-54(48,49)51-41-39-46)53-45(47)38-36-34-32-30-14-12-10-8-6-4-2/h8,10,44H,3-7,9,11-43,46H2,1-2H3,(H,48,49)/b10-8-. The first kappa shape index (κ1) is 53.2. The van der Waals surface area contributed by atoms with Crippen LogP contribution in [0.25, 0.3) is 0 Å². The molecule has 0 heterocycles. The number of nitrogens with two attached hydrogens (primary N) is 1. The van der Waals surface area contributed by atoms with E-state index in [0.29, 0.717) is 13.0 Å². The predicted octanol–water partition coefficient (Wildman–Crippen LogP) is 13.9. The third-order valence-electron chi connectivity index (χ3n) is 10.2. The van der Waals surface area contributed by atoms with E-state index in [0.717, 1.165) is 51.4 Å². The van der Waals surface area contributed by atoms with E-state index in [4.69, 9.17) is 24.3 Å². The van der Waals surface area contributed by atoms with E-state index in [1.807, 2.05) is 0 Å². The summed E-state index contributed by atoms with van der Waals surface area (Å²) in [5, 5.41) is 0. The van der Waals surface area contributed by atoms with E-state index in [1.54, 1.807) is 0 Å². The molecular weight excluding hydrogens is 697 g/mol. The minimum Gasteiger partial charge on any atom is -0.457 e. The van der Waals surface area contributed by atoms with Gasteiger partial charge in [0, 0.05) is 19.6 Å². The molecule has 0 spiro atoms. The average molecular weight is 788 g/mol. The molecule has 0 bridgehead atoms. The Kier molecular flexibility index (Phi) is 42.8. The molecule has 322 valence electrons. The summed E-state index contributed by atoms with van der Waals surface area (Å²) in [4.78, 5) is 22.4. The molecular formula is C45H90NO7P. The zero-order valence-corrected chi connectivity index (χ0v) is 36.6. The van der Waals surface area contributed by atoms with Crippen molar-refractivity contribution in [2.24, 2.45) is 5.73 Å². The number of rotatable bonds is 45. The van der Waals surface area contributed by atoms with Gasteiger partial charge in [0.2, 0.25) is 0 Å². The van der Waals surface area contributed by atoms with Crippen LogP contribution in [0.4, 0.5) is 0 Å². The highest BCUT2D eigenvalue weighted by atomic mass is 31.2. The van der Waals surface area contributed by atoms with Crippen LogP contribution < -0.4 is 5.73 Å². The van der Waals surface area contributed by atoms with Crippen molar-refractivity contribution < 1.29 is 32.8 Å². The summed E-state index contributed by atoms with van der Waals surface area (Å²) >= 11 is 0. The van der Waals surface area contributed by atoms with Gasteiger partial charge in [-0.05, 0) is 32.1 Å². The molecule has 0 rings (SSSR count). The van der Waals surface area contributed by atoms with Crippen LogP contribution in [0.1, 0.15) is 232 Å². The monoisotopic (exact) mass is 788 g/mol. The van der Waals surface area contributed by atoms with Gasteiger partial charge in [0.05, 0.1) is 19.8 Å². The van der Waals surface area contributed by atoms with Crippen LogP contribution in [0, 0.1) is 0 Å². The molecule has 0 aromatic carbocycles.